The third-order valence-electron chi connectivity index (χ3n) is 2.85. The van der Waals surface area contributed by atoms with Crippen LogP contribution in [0.15, 0.2) is 42.6 Å². The van der Waals surface area contributed by atoms with Crippen molar-refractivity contribution in [2.75, 3.05) is 12.4 Å². The average Bonchev–Trinajstić information content (AvgIpc) is 3.09. The molecule has 1 amide bonds. The summed E-state index contributed by atoms with van der Waals surface area (Å²) in [6.45, 7) is 0. The summed E-state index contributed by atoms with van der Waals surface area (Å²) in [6.07, 6.45) is 1.51. The van der Waals surface area contributed by atoms with Crippen molar-refractivity contribution in [1.29, 1.82) is 0 Å². The van der Waals surface area contributed by atoms with E-state index in [1.165, 1.54) is 13.3 Å². The summed E-state index contributed by atoms with van der Waals surface area (Å²) < 4.78 is 10.3. The van der Waals surface area contributed by atoms with Gasteiger partial charge in [0.15, 0.2) is 0 Å². The fourth-order valence-electron chi connectivity index (χ4n) is 1.77. The molecule has 0 fully saturated rings. The quantitative estimate of drug-likeness (QED) is 0.736. The van der Waals surface area contributed by atoms with Crippen molar-refractivity contribution in [1.82, 2.24) is 25.6 Å². The Morgan fingerprint density at radius 1 is 1.22 bits per heavy atom. The SMILES string of the molecule is COc1cc(C(=O)Nc2ccc(Oc3nn[nH]n3)cc2)ccn1. The molecule has 3 aromatic rings. The van der Waals surface area contributed by atoms with Gasteiger partial charge in [0.2, 0.25) is 5.88 Å². The number of tetrazole rings is 1. The molecule has 2 heterocycles. The molecule has 0 radical (unpaired) electrons. The molecule has 1 aromatic carbocycles. The minimum absolute atomic E-state index is 0.116. The van der Waals surface area contributed by atoms with E-state index in [9.17, 15) is 4.79 Å². The molecule has 2 aromatic heterocycles. The molecule has 0 aliphatic carbocycles. The Morgan fingerprint density at radius 2 is 2.04 bits per heavy atom. The molecule has 9 heteroatoms. The molecule has 116 valence electrons. The van der Waals surface area contributed by atoms with Gasteiger partial charge in [0, 0.05) is 23.5 Å². The first-order valence-electron chi connectivity index (χ1n) is 6.57. The number of rotatable bonds is 5. The van der Waals surface area contributed by atoms with E-state index < -0.39 is 0 Å². The molecule has 23 heavy (non-hydrogen) atoms. The number of nitrogens with zero attached hydrogens (tertiary/aromatic N) is 4. The van der Waals surface area contributed by atoms with Gasteiger partial charge < -0.3 is 14.8 Å². The van der Waals surface area contributed by atoms with Gasteiger partial charge in [0.25, 0.3) is 5.91 Å². The minimum atomic E-state index is -0.266. The highest BCUT2D eigenvalue weighted by Gasteiger charge is 2.08. The Bertz CT molecular complexity index is 789. The molecule has 9 nitrogen and oxygen atoms in total. The molecule has 2 N–H and O–H groups in total. The zero-order chi connectivity index (χ0) is 16.1. The Labute approximate surface area is 130 Å². The highest BCUT2D eigenvalue weighted by atomic mass is 16.5. The number of methoxy groups -OCH3 is 1. The van der Waals surface area contributed by atoms with E-state index in [1.807, 2.05) is 0 Å². The van der Waals surface area contributed by atoms with Crippen molar-refractivity contribution >= 4 is 11.6 Å². The summed E-state index contributed by atoms with van der Waals surface area (Å²) in [6, 6.07) is 10.0. The normalized spacial score (nSPS) is 10.1. The summed E-state index contributed by atoms with van der Waals surface area (Å²) in [5, 5.41) is 15.8. The van der Waals surface area contributed by atoms with E-state index in [1.54, 1.807) is 36.4 Å². The maximum atomic E-state index is 12.2. The van der Waals surface area contributed by atoms with Gasteiger partial charge in [-0.2, -0.15) is 5.21 Å². The largest absolute Gasteiger partial charge is 0.481 e. The van der Waals surface area contributed by atoms with Gasteiger partial charge in [-0.3, -0.25) is 4.79 Å². The maximum Gasteiger partial charge on any atom is 0.361 e. The number of benzene rings is 1. The first kappa shape index (κ1) is 14.4. The summed E-state index contributed by atoms with van der Waals surface area (Å²) in [4.78, 5) is 16.1. The Morgan fingerprint density at radius 3 is 2.74 bits per heavy atom. The number of nitrogens with one attached hydrogen (secondary N) is 2. The van der Waals surface area contributed by atoms with Crippen LogP contribution in [0.4, 0.5) is 5.69 Å². The lowest BCUT2D eigenvalue weighted by atomic mass is 10.2. The average molecular weight is 312 g/mol. The van der Waals surface area contributed by atoms with Crippen LogP contribution in [-0.4, -0.2) is 38.6 Å². The smallest absolute Gasteiger partial charge is 0.361 e. The summed E-state index contributed by atoms with van der Waals surface area (Å²) in [7, 11) is 1.49. The monoisotopic (exact) mass is 312 g/mol. The highest BCUT2D eigenvalue weighted by Crippen LogP contribution is 2.20. The summed E-state index contributed by atoms with van der Waals surface area (Å²) in [5.74, 6) is 0.633. The van der Waals surface area contributed by atoms with E-state index in [0.717, 1.165) is 0 Å². The topological polar surface area (TPSA) is 115 Å². The molecule has 0 saturated carbocycles. The van der Waals surface area contributed by atoms with Gasteiger partial charge in [0.05, 0.1) is 7.11 Å². The van der Waals surface area contributed by atoms with Gasteiger partial charge in [-0.15, -0.1) is 0 Å². The van der Waals surface area contributed by atoms with E-state index in [0.29, 0.717) is 22.9 Å². The fourth-order valence-corrected chi connectivity index (χ4v) is 1.77. The molecule has 0 aliphatic rings. The minimum Gasteiger partial charge on any atom is -0.481 e. The number of carbonyl (C=O) groups excluding carboxylic acids is 1. The van der Waals surface area contributed by atoms with Crippen molar-refractivity contribution < 1.29 is 14.3 Å². The summed E-state index contributed by atoms with van der Waals surface area (Å²) in [5.41, 5.74) is 1.07. The zero-order valence-electron chi connectivity index (χ0n) is 12.1. The number of aromatic amines is 1. The van der Waals surface area contributed by atoms with Crippen LogP contribution in [0.1, 0.15) is 10.4 Å². The number of carbonyl (C=O) groups is 1. The van der Waals surface area contributed by atoms with Gasteiger partial charge in [-0.05, 0) is 35.5 Å². The van der Waals surface area contributed by atoms with Crippen LogP contribution in [0.3, 0.4) is 0 Å². The van der Waals surface area contributed by atoms with Gasteiger partial charge in [-0.1, -0.05) is 10.2 Å². The second-order valence-corrected chi connectivity index (χ2v) is 4.36. The Balaban J connectivity index is 1.66. The zero-order valence-corrected chi connectivity index (χ0v) is 12.1. The Hall–Kier alpha value is -3.49. The molecule has 0 atom stereocenters. The van der Waals surface area contributed by atoms with Crippen LogP contribution in [-0.2, 0) is 0 Å². The number of aromatic nitrogens is 5. The lowest BCUT2D eigenvalue weighted by molar-refractivity contribution is 0.102. The molecular weight excluding hydrogens is 300 g/mol. The van der Waals surface area contributed by atoms with E-state index in [-0.39, 0.29) is 11.9 Å². The fraction of sp³-hybridized carbons (Fsp3) is 0.0714. The number of ether oxygens (including phenoxy) is 2. The van der Waals surface area contributed by atoms with Crippen molar-refractivity contribution in [3.63, 3.8) is 0 Å². The van der Waals surface area contributed by atoms with Gasteiger partial charge in [-0.25, -0.2) is 4.98 Å². The molecule has 0 bridgehead atoms. The molecule has 0 aliphatic heterocycles. The second-order valence-electron chi connectivity index (χ2n) is 4.36. The number of hydrogen-bond donors (Lipinski definition) is 2. The van der Waals surface area contributed by atoms with Crippen LogP contribution in [0.2, 0.25) is 0 Å². The lowest BCUT2D eigenvalue weighted by Gasteiger charge is -2.07. The third kappa shape index (κ3) is 3.59. The number of anilines is 1. The first-order chi connectivity index (χ1) is 11.2. The molecule has 0 saturated heterocycles. The van der Waals surface area contributed by atoms with E-state index >= 15 is 0 Å². The lowest BCUT2D eigenvalue weighted by Crippen LogP contribution is -2.12. The summed E-state index contributed by atoms with van der Waals surface area (Å²) >= 11 is 0. The van der Waals surface area contributed by atoms with E-state index in [2.05, 4.69) is 30.9 Å². The molecule has 0 spiro atoms. The third-order valence-corrected chi connectivity index (χ3v) is 2.85. The predicted octanol–water partition coefficient (Wildman–Crippen LogP) is 1.65. The van der Waals surface area contributed by atoms with Crippen molar-refractivity contribution in [3.8, 4) is 17.6 Å². The molecule has 0 unspecified atom stereocenters. The highest BCUT2D eigenvalue weighted by molar-refractivity contribution is 6.04. The molecular formula is C14H12N6O3. The van der Waals surface area contributed by atoms with Crippen LogP contribution in [0.5, 0.6) is 17.6 Å². The number of hydrogen-bond acceptors (Lipinski definition) is 7. The van der Waals surface area contributed by atoms with Crippen LogP contribution in [0, 0.1) is 0 Å². The second kappa shape index (κ2) is 6.52. The van der Waals surface area contributed by atoms with Crippen molar-refractivity contribution in [2.45, 2.75) is 0 Å². The standard InChI is InChI=1S/C14H12N6O3/c1-22-12-8-9(6-7-15-12)13(21)16-10-2-4-11(5-3-10)23-14-17-19-20-18-14/h2-8H,1H3,(H,16,21)(H,17,18,19,20). The Kier molecular flexibility index (Phi) is 4.09. The van der Waals surface area contributed by atoms with Crippen LogP contribution >= 0.6 is 0 Å². The van der Waals surface area contributed by atoms with Crippen LogP contribution in [0.25, 0.3) is 0 Å². The van der Waals surface area contributed by atoms with Crippen molar-refractivity contribution in [2.24, 2.45) is 0 Å². The maximum absolute atomic E-state index is 12.2. The van der Waals surface area contributed by atoms with Gasteiger partial charge in [0.1, 0.15) is 5.75 Å². The number of H-pyrrole nitrogens is 1. The first-order valence-corrected chi connectivity index (χ1v) is 6.57. The van der Waals surface area contributed by atoms with E-state index in [4.69, 9.17) is 9.47 Å². The predicted molar refractivity (Wildman–Crippen MR) is 79.4 cm³/mol. The van der Waals surface area contributed by atoms with Crippen LogP contribution < -0.4 is 14.8 Å². The number of amides is 1. The molecule has 3 rings (SSSR count). The number of pyridine rings is 1. The van der Waals surface area contributed by atoms with Crippen molar-refractivity contribution in [3.05, 3.63) is 48.2 Å². The van der Waals surface area contributed by atoms with Gasteiger partial charge >= 0.3 is 6.01 Å².